The number of hydrogen-bond acceptors (Lipinski definition) is 5. The summed E-state index contributed by atoms with van der Waals surface area (Å²) in [5.74, 6) is 0.720. The maximum Gasteiger partial charge on any atom is 0.174 e. The SMILES string of the molecule is Cc1nnc(SCc2cnc(Cl)cc2Cl)s1. The van der Waals surface area contributed by atoms with Crippen LogP contribution in [-0.2, 0) is 5.75 Å². The molecule has 0 saturated carbocycles. The second-order valence-corrected chi connectivity index (χ2v) is 6.17. The number of aryl methyl sites for hydroxylation is 1. The van der Waals surface area contributed by atoms with Gasteiger partial charge in [-0.15, -0.1) is 10.2 Å². The number of nitrogens with zero attached hydrogens (tertiary/aromatic N) is 3. The molecule has 0 spiro atoms. The Bertz CT molecular complexity index is 501. The molecule has 0 fully saturated rings. The number of pyridine rings is 1. The largest absolute Gasteiger partial charge is 0.244 e. The van der Waals surface area contributed by atoms with Gasteiger partial charge in [-0.3, -0.25) is 0 Å². The van der Waals surface area contributed by atoms with Crippen molar-refractivity contribution in [2.24, 2.45) is 0 Å². The van der Waals surface area contributed by atoms with E-state index in [2.05, 4.69) is 15.2 Å². The van der Waals surface area contributed by atoms with E-state index in [0.717, 1.165) is 20.7 Å². The van der Waals surface area contributed by atoms with Gasteiger partial charge in [0.05, 0.1) is 0 Å². The van der Waals surface area contributed by atoms with Crippen LogP contribution < -0.4 is 0 Å². The predicted octanol–water partition coefficient (Wildman–Crippen LogP) is 3.84. The normalized spacial score (nSPS) is 10.7. The Kier molecular flexibility index (Phi) is 4.02. The molecule has 0 aliphatic rings. The van der Waals surface area contributed by atoms with Crippen LogP contribution in [0.2, 0.25) is 10.2 Å². The van der Waals surface area contributed by atoms with Crippen molar-refractivity contribution in [2.45, 2.75) is 17.0 Å². The lowest BCUT2D eigenvalue weighted by atomic mass is 10.3. The fourth-order valence-corrected chi connectivity index (χ4v) is 3.33. The zero-order chi connectivity index (χ0) is 11.5. The topological polar surface area (TPSA) is 38.7 Å². The van der Waals surface area contributed by atoms with Gasteiger partial charge in [0.2, 0.25) is 0 Å². The predicted molar refractivity (Wildman–Crippen MR) is 68.5 cm³/mol. The Balaban J connectivity index is 2.04. The van der Waals surface area contributed by atoms with E-state index in [4.69, 9.17) is 23.2 Å². The molecule has 2 rings (SSSR count). The van der Waals surface area contributed by atoms with Crippen LogP contribution in [0.15, 0.2) is 16.6 Å². The molecule has 0 amide bonds. The van der Waals surface area contributed by atoms with Crippen LogP contribution >= 0.6 is 46.3 Å². The zero-order valence-electron chi connectivity index (χ0n) is 8.28. The summed E-state index contributed by atoms with van der Waals surface area (Å²) in [5.41, 5.74) is 0.948. The van der Waals surface area contributed by atoms with Crippen LogP contribution in [0.1, 0.15) is 10.6 Å². The summed E-state index contributed by atoms with van der Waals surface area (Å²) in [5, 5.41) is 9.97. The second-order valence-electron chi connectivity index (χ2n) is 2.97. The summed E-state index contributed by atoms with van der Waals surface area (Å²) in [6.07, 6.45) is 1.69. The van der Waals surface area contributed by atoms with Crippen LogP contribution in [0.3, 0.4) is 0 Å². The third-order valence-corrected chi connectivity index (χ3v) is 4.33. The molecule has 0 atom stereocenters. The summed E-state index contributed by atoms with van der Waals surface area (Å²) < 4.78 is 0.934. The van der Waals surface area contributed by atoms with Crippen molar-refractivity contribution < 1.29 is 0 Å². The van der Waals surface area contributed by atoms with Gasteiger partial charge >= 0.3 is 0 Å². The van der Waals surface area contributed by atoms with E-state index >= 15 is 0 Å². The molecule has 84 valence electrons. The molecule has 0 aromatic carbocycles. The number of rotatable bonds is 3. The van der Waals surface area contributed by atoms with Gasteiger partial charge in [0.1, 0.15) is 10.2 Å². The third-order valence-electron chi connectivity index (χ3n) is 1.75. The van der Waals surface area contributed by atoms with Crippen molar-refractivity contribution in [1.29, 1.82) is 0 Å². The second kappa shape index (κ2) is 5.31. The van der Waals surface area contributed by atoms with E-state index in [1.54, 1.807) is 35.4 Å². The van der Waals surface area contributed by atoms with Gasteiger partial charge in [-0.2, -0.15) is 0 Å². The highest BCUT2D eigenvalue weighted by atomic mass is 35.5. The van der Waals surface area contributed by atoms with Gasteiger partial charge < -0.3 is 0 Å². The lowest BCUT2D eigenvalue weighted by Crippen LogP contribution is -1.85. The maximum atomic E-state index is 6.03. The number of thioether (sulfide) groups is 1. The Hall–Kier alpha value is -0.360. The maximum absolute atomic E-state index is 6.03. The minimum absolute atomic E-state index is 0.408. The van der Waals surface area contributed by atoms with Crippen LogP contribution in [-0.4, -0.2) is 15.2 Å². The molecule has 3 nitrogen and oxygen atoms in total. The van der Waals surface area contributed by atoms with E-state index in [1.807, 2.05) is 6.92 Å². The van der Waals surface area contributed by atoms with Gasteiger partial charge in [0.15, 0.2) is 4.34 Å². The molecular formula is C9H7Cl2N3S2. The summed E-state index contributed by atoms with van der Waals surface area (Å²) in [7, 11) is 0. The lowest BCUT2D eigenvalue weighted by Gasteiger charge is -2.01. The summed E-state index contributed by atoms with van der Waals surface area (Å²) in [6, 6.07) is 1.64. The third kappa shape index (κ3) is 3.07. The summed E-state index contributed by atoms with van der Waals surface area (Å²) in [6.45, 7) is 1.93. The van der Waals surface area contributed by atoms with E-state index in [1.165, 1.54) is 0 Å². The molecule has 0 saturated heterocycles. The first-order chi connectivity index (χ1) is 7.65. The molecular weight excluding hydrogens is 285 g/mol. The molecule has 0 aliphatic heterocycles. The highest BCUT2D eigenvalue weighted by molar-refractivity contribution is 8.00. The van der Waals surface area contributed by atoms with Gasteiger partial charge in [-0.05, 0) is 18.6 Å². The minimum Gasteiger partial charge on any atom is -0.244 e. The first-order valence-corrected chi connectivity index (χ1v) is 6.94. The number of aromatic nitrogens is 3. The molecule has 0 N–H and O–H groups in total. The van der Waals surface area contributed by atoms with E-state index in [9.17, 15) is 0 Å². The number of halogens is 2. The summed E-state index contributed by atoms with van der Waals surface area (Å²) in [4.78, 5) is 3.99. The van der Waals surface area contributed by atoms with Gasteiger partial charge in [-0.1, -0.05) is 46.3 Å². The van der Waals surface area contributed by atoms with Crippen molar-refractivity contribution in [3.05, 3.63) is 33.0 Å². The molecule has 0 bridgehead atoms. The first-order valence-electron chi connectivity index (χ1n) is 4.38. The summed E-state index contributed by atoms with van der Waals surface area (Å²) >= 11 is 14.9. The highest BCUT2D eigenvalue weighted by Crippen LogP contribution is 2.28. The molecule has 0 aliphatic carbocycles. The van der Waals surface area contributed by atoms with E-state index in [-0.39, 0.29) is 0 Å². The van der Waals surface area contributed by atoms with E-state index < -0.39 is 0 Å². The first kappa shape index (κ1) is 12.1. The van der Waals surface area contributed by atoms with Crippen molar-refractivity contribution >= 4 is 46.3 Å². The Labute approximate surface area is 111 Å². The molecule has 2 aromatic heterocycles. The van der Waals surface area contributed by atoms with E-state index in [0.29, 0.717) is 10.2 Å². The molecule has 0 unspecified atom stereocenters. The molecule has 2 aromatic rings. The number of hydrogen-bond donors (Lipinski definition) is 0. The van der Waals surface area contributed by atoms with Crippen LogP contribution in [0.4, 0.5) is 0 Å². The fourth-order valence-electron chi connectivity index (χ4n) is 1.02. The van der Waals surface area contributed by atoms with Crippen molar-refractivity contribution in [3.8, 4) is 0 Å². The lowest BCUT2D eigenvalue weighted by molar-refractivity contribution is 0.983. The average Bonchev–Trinajstić information content (AvgIpc) is 2.63. The minimum atomic E-state index is 0.408. The van der Waals surface area contributed by atoms with Crippen LogP contribution in [0.5, 0.6) is 0 Å². The van der Waals surface area contributed by atoms with Gasteiger partial charge in [-0.25, -0.2) is 4.98 Å². The Morgan fingerprint density at radius 1 is 1.38 bits per heavy atom. The standard InChI is InChI=1S/C9H7Cl2N3S2/c1-5-13-14-9(16-5)15-4-6-3-12-8(11)2-7(6)10/h2-3H,4H2,1H3. The zero-order valence-corrected chi connectivity index (χ0v) is 11.4. The van der Waals surface area contributed by atoms with Crippen molar-refractivity contribution in [1.82, 2.24) is 15.2 Å². The average molecular weight is 292 g/mol. The van der Waals surface area contributed by atoms with Gasteiger partial charge in [0, 0.05) is 17.0 Å². The monoisotopic (exact) mass is 291 g/mol. The molecule has 16 heavy (non-hydrogen) atoms. The quantitative estimate of drug-likeness (QED) is 0.636. The fraction of sp³-hybridized carbons (Fsp3) is 0.222. The Morgan fingerprint density at radius 3 is 2.81 bits per heavy atom. The van der Waals surface area contributed by atoms with Crippen LogP contribution in [0, 0.1) is 6.92 Å². The molecule has 2 heterocycles. The van der Waals surface area contributed by atoms with Crippen LogP contribution in [0.25, 0.3) is 0 Å². The smallest absolute Gasteiger partial charge is 0.174 e. The highest BCUT2D eigenvalue weighted by Gasteiger charge is 2.06. The van der Waals surface area contributed by atoms with Gasteiger partial charge in [0.25, 0.3) is 0 Å². The Morgan fingerprint density at radius 2 is 2.19 bits per heavy atom. The van der Waals surface area contributed by atoms with Crippen molar-refractivity contribution in [2.75, 3.05) is 0 Å². The molecule has 7 heteroatoms. The van der Waals surface area contributed by atoms with Crippen molar-refractivity contribution in [3.63, 3.8) is 0 Å². The molecule has 0 radical (unpaired) electrons.